The zero-order valence-electron chi connectivity index (χ0n) is 13.9. The van der Waals surface area contributed by atoms with E-state index in [1.807, 2.05) is 24.3 Å². The van der Waals surface area contributed by atoms with E-state index < -0.39 is 0 Å². The van der Waals surface area contributed by atoms with Crippen LogP contribution in [0.4, 0.5) is 0 Å². The minimum atomic E-state index is -0.226. The molecule has 1 aliphatic rings. The molecule has 0 unspecified atom stereocenters. The molecule has 0 radical (unpaired) electrons. The zero-order valence-corrected chi connectivity index (χ0v) is 14.6. The standard InChI is InChI=1S/C18H21ClN2O4/c19-15-3-1-2-14(8-15)11-24-12-16-9-17(21-25-16)18(22)20-10-13-4-6-23-7-5-13/h1-3,8-9,13H,4-7,10-12H2,(H,20,22). The summed E-state index contributed by atoms with van der Waals surface area (Å²) >= 11 is 5.93. The SMILES string of the molecule is O=C(NCC1CCOCC1)c1cc(COCc2cccc(Cl)c2)on1. The smallest absolute Gasteiger partial charge is 0.273 e. The van der Waals surface area contributed by atoms with Crippen molar-refractivity contribution in [1.82, 2.24) is 10.5 Å². The summed E-state index contributed by atoms with van der Waals surface area (Å²) in [6, 6.07) is 9.07. The average Bonchev–Trinajstić information content (AvgIpc) is 3.10. The lowest BCUT2D eigenvalue weighted by Gasteiger charge is -2.21. The van der Waals surface area contributed by atoms with Gasteiger partial charge in [0.25, 0.3) is 5.91 Å². The maximum Gasteiger partial charge on any atom is 0.273 e. The zero-order chi connectivity index (χ0) is 17.5. The Balaban J connectivity index is 1.42. The lowest BCUT2D eigenvalue weighted by atomic mass is 10.0. The first-order chi connectivity index (χ1) is 12.2. The van der Waals surface area contributed by atoms with Gasteiger partial charge in [-0.05, 0) is 36.5 Å². The second-order valence-corrected chi connectivity index (χ2v) is 6.50. The van der Waals surface area contributed by atoms with Gasteiger partial charge in [-0.15, -0.1) is 0 Å². The third kappa shape index (κ3) is 5.56. The van der Waals surface area contributed by atoms with Crippen LogP contribution in [0.1, 0.15) is 34.7 Å². The molecule has 1 N–H and O–H groups in total. The van der Waals surface area contributed by atoms with E-state index in [1.165, 1.54) is 0 Å². The van der Waals surface area contributed by atoms with Crippen molar-refractivity contribution in [2.75, 3.05) is 19.8 Å². The monoisotopic (exact) mass is 364 g/mol. The van der Waals surface area contributed by atoms with Gasteiger partial charge in [-0.2, -0.15) is 0 Å². The van der Waals surface area contributed by atoms with Crippen molar-refractivity contribution < 1.29 is 18.8 Å². The van der Waals surface area contributed by atoms with Gasteiger partial charge in [0.2, 0.25) is 0 Å². The van der Waals surface area contributed by atoms with Gasteiger partial charge in [0.05, 0.1) is 6.61 Å². The lowest BCUT2D eigenvalue weighted by molar-refractivity contribution is 0.0641. The van der Waals surface area contributed by atoms with Crippen LogP contribution in [0.15, 0.2) is 34.9 Å². The van der Waals surface area contributed by atoms with Gasteiger partial charge in [0.1, 0.15) is 6.61 Å². The Morgan fingerprint density at radius 3 is 2.92 bits per heavy atom. The Hall–Kier alpha value is -1.89. The molecule has 1 aromatic carbocycles. The van der Waals surface area contributed by atoms with Gasteiger partial charge in [0, 0.05) is 30.8 Å². The number of amides is 1. The van der Waals surface area contributed by atoms with Crippen LogP contribution in [0.2, 0.25) is 5.02 Å². The second kappa shape index (κ2) is 8.99. The number of nitrogens with zero attached hydrogens (tertiary/aromatic N) is 1. The summed E-state index contributed by atoms with van der Waals surface area (Å²) in [5, 5.41) is 7.38. The molecule has 2 heterocycles. The highest BCUT2D eigenvalue weighted by Gasteiger charge is 2.17. The fourth-order valence-electron chi connectivity index (χ4n) is 2.66. The predicted octanol–water partition coefficient (Wildman–Crippen LogP) is 3.20. The maximum atomic E-state index is 12.1. The molecule has 0 atom stereocenters. The van der Waals surface area contributed by atoms with E-state index in [0.29, 0.717) is 29.9 Å². The predicted molar refractivity (Wildman–Crippen MR) is 92.3 cm³/mol. The Kier molecular flexibility index (Phi) is 6.44. The molecule has 7 heteroatoms. The summed E-state index contributed by atoms with van der Waals surface area (Å²) in [5.74, 6) is 0.750. The molecule has 25 heavy (non-hydrogen) atoms. The van der Waals surface area contributed by atoms with E-state index in [-0.39, 0.29) is 18.2 Å². The average molecular weight is 365 g/mol. The summed E-state index contributed by atoms with van der Waals surface area (Å²) < 4.78 is 16.0. The van der Waals surface area contributed by atoms with E-state index in [9.17, 15) is 4.79 Å². The number of ether oxygens (including phenoxy) is 2. The van der Waals surface area contributed by atoms with Crippen molar-refractivity contribution in [2.45, 2.75) is 26.1 Å². The summed E-state index contributed by atoms with van der Waals surface area (Å²) in [4.78, 5) is 12.1. The molecule has 3 rings (SSSR count). The third-order valence-corrected chi connectivity index (χ3v) is 4.32. The van der Waals surface area contributed by atoms with Crippen LogP contribution in [0.5, 0.6) is 0 Å². The van der Waals surface area contributed by atoms with Crippen molar-refractivity contribution in [3.63, 3.8) is 0 Å². The number of halogens is 1. The fourth-order valence-corrected chi connectivity index (χ4v) is 2.88. The molecule has 2 aromatic rings. The number of rotatable bonds is 7. The molecule has 1 saturated heterocycles. The van der Waals surface area contributed by atoms with E-state index in [4.69, 9.17) is 25.6 Å². The van der Waals surface area contributed by atoms with E-state index in [2.05, 4.69) is 10.5 Å². The third-order valence-electron chi connectivity index (χ3n) is 4.09. The highest BCUT2D eigenvalue weighted by Crippen LogP contribution is 2.14. The van der Waals surface area contributed by atoms with Crippen molar-refractivity contribution in [3.05, 3.63) is 52.4 Å². The topological polar surface area (TPSA) is 73.6 Å². The largest absolute Gasteiger partial charge is 0.381 e. The summed E-state index contributed by atoms with van der Waals surface area (Å²) in [7, 11) is 0. The first-order valence-corrected chi connectivity index (χ1v) is 8.72. The van der Waals surface area contributed by atoms with Crippen LogP contribution in [-0.2, 0) is 22.7 Å². The van der Waals surface area contributed by atoms with Crippen LogP contribution >= 0.6 is 11.6 Å². The maximum absolute atomic E-state index is 12.1. The molecular formula is C18H21ClN2O4. The van der Waals surface area contributed by atoms with Gasteiger partial charge >= 0.3 is 0 Å². The molecule has 6 nitrogen and oxygen atoms in total. The van der Waals surface area contributed by atoms with Gasteiger partial charge < -0.3 is 19.3 Å². The Labute approximate surface area is 151 Å². The number of nitrogens with one attached hydrogen (secondary N) is 1. The number of benzene rings is 1. The van der Waals surface area contributed by atoms with E-state index in [0.717, 1.165) is 31.6 Å². The molecule has 1 fully saturated rings. The Morgan fingerprint density at radius 1 is 1.28 bits per heavy atom. The first-order valence-electron chi connectivity index (χ1n) is 8.34. The number of aromatic nitrogens is 1. The normalized spacial score (nSPS) is 15.2. The summed E-state index contributed by atoms with van der Waals surface area (Å²) in [6.07, 6.45) is 1.95. The number of hydrogen-bond donors (Lipinski definition) is 1. The van der Waals surface area contributed by atoms with Crippen LogP contribution in [0, 0.1) is 5.92 Å². The van der Waals surface area contributed by atoms with Crippen molar-refractivity contribution in [3.8, 4) is 0 Å². The van der Waals surface area contributed by atoms with Gasteiger partial charge in [-0.25, -0.2) is 0 Å². The molecule has 1 amide bonds. The number of hydrogen-bond acceptors (Lipinski definition) is 5. The highest BCUT2D eigenvalue weighted by atomic mass is 35.5. The lowest BCUT2D eigenvalue weighted by Crippen LogP contribution is -2.32. The first kappa shape index (κ1) is 17.9. The molecule has 1 aliphatic heterocycles. The minimum Gasteiger partial charge on any atom is -0.381 e. The van der Waals surface area contributed by atoms with Crippen molar-refractivity contribution >= 4 is 17.5 Å². The van der Waals surface area contributed by atoms with Gasteiger partial charge in [0.15, 0.2) is 11.5 Å². The van der Waals surface area contributed by atoms with Gasteiger partial charge in [-0.1, -0.05) is 28.9 Å². The van der Waals surface area contributed by atoms with Gasteiger partial charge in [-0.3, -0.25) is 4.79 Å². The summed E-state index contributed by atoms with van der Waals surface area (Å²) in [5.41, 5.74) is 1.25. The van der Waals surface area contributed by atoms with Crippen LogP contribution in [0.25, 0.3) is 0 Å². The molecule has 1 aromatic heterocycles. The van der Waals surface area contributed by atoms with E-state index in [1.54, 1.807) is 6.07 Å². The van der Waals surface area contributed by atoms with E-state index >= 15 is 0 Å². The quantitative estimate of drug-likeness (QED) is 0.816. The second-order valence-electron chi connectivity index (χ2n) is 6.07. The highest BCUT2D eigenvalue weighted by molar-refractivity contribution is 6.30. The van der Waals surface area contributed by atoms with Crippen molar-refractivity contribution in [2.24, 2.45) is 5.92 Å². The van der Waals surface area contributed by atoms with Crippen LogP contribution in [-0.4, -0.2) is 30.8 Å². The van der Waals surface area contributed by atoms with Crippen LogP contribution < -0.4 is 5.32 Å². The minimum absolute atomic E-state index is 0.226. The molecule has 0 saturated carbocycles. The summed E-state index contributed by atoms with van der Waals surface area (Å²) in [6.45, 7) is 2.81. The fraction of sp³-hybridized carbons (Fsp3) is 0.444. The molecule has 0 aliphatic carbocycles. The van der Waals surface area contributed by atoms with Crippen molar-refractivity contribution in [1.29, 1.82) is 0 Å². The number of carbonyl (C=O) groups is 1. The Morgan fingerprint density at radius 2 is 2.12 bits per heavy atom. The molecular weight excluding hydrogens is 344 g/mol. The molecule has 0 spiro atoms. The van der Waals surface area contributed by atoms with Crippen LogP contribution in [0.3, 0.4) is 0 Å². The Bertz CT molecular complexity index is 698. The molecule has 0 bridgehead atoms. The molecule has 134 valence electrons. The number of carbonyl (C=O) groups excluding carboxylic acids is 1.